The molecule has 2 atom stereocenters. The normalized spacial score (nSPS) is 12.8. The first-order valence-electron chi connectivity index (χ1n) is 11.9. The highest BCUT2D eigenvalue weighted by Crippen LogP contribution is 2.50. The molecule has 3 aromatic rings. The lowest BCUT2D eigenvalue weighted by Gasteiger charge is -2.26. The lowest BCUT2D eigenvalue weighted by molar-refractivity contribution is -0.137. The SMILES string of the molecule is CC(=O)Nc1ccc(C(NC(Cc2ccc(-c3ccccc3)cc2)C(=O)NCCC(=O)O)P(=O)(O)O)cc1. The number of amides is 2. The van der Waals surface area contributed by atoms with Gasteiger partial charge in [-0.3, -0.25) is 24.3 Å². The van der Waals surface area contributed by atoms with Gasteiger partial charge < -0.3 is 25.5 Å². The molecule has 0 saturated carbocycles. The number of hydrogen-bond acceptors (Lipinski definition) is 5. The van der Waals surface area contributed by atoms with Crippen LogP contribution in [-0.2, 0) is 25.4 Å². The minimum absolute atomic E-state index is 0.0917. The Morgan fingerprint density at radius 2 is 1.47 bits per heavy atom. The Morgan fingerprint density at radius 3 is 2.03 bits per heavy atom. The number of carboxylic acids is 1. The zero-order valence-electron chi connectivity index (χ0n) is 20.7. The van der Waals surface area contributed by atoms with Gasteiger partial charge in [0, 0.05) is 19.2 Å². The Hall–Kier alpha value is -3.82. The maximum atomic E-state index is 13.0. The van der Waals surface area contributed by atoms with Crippen molar-refractivity contribution in [1.29, 1.82) is 0 Å². The van der Waals surface area contributed by atoms with Gasteiger partial charge in [0.2, 0.25) is 11.8 Å². The summed E-state index contributed by atoms with van der Waals surface area (Å²) >= 11 is 0. The Morgan fingerprint density at radius 1 is 0.868 bits per heavy atom. The second kappa shape index (κ2) is 13.1. The summed E-state index contributed by atoms with van der Waals surface area (Å²) in [6, 6.07) is 22.0. The van der Waals surface area contributed by atoms with E-state index < -0.39 is 31.3 Å². The van der Waals surface area contributed by atoms with Crippen LogP contribution in [0, 0.1) is 0 Å². The quantitative estimate of drug-likeness (QED) is 0.191. The number of anilines is 1. The lowest BCUT2D eigenvalue weighted by atomic mass is 10.00. The summed E-state index contributed by atoms with van der Waals surface area (Å²) in [5, 5.41) is 16.8. The van der Waals surface area contributed by atoms with Crippen LogP contribution in [0.2, 0.25) is 0 Å². The van der Waals surface area contributed by atoms with Crippen molar-refractivity contribution in [3.8, 4) is 11.1 Å². The Bertz CT molecular complexity index is 1290. The topological polar surface area (TPSA) is 165 Å². The molecule has 0 spiro atoms. The highest BCUT2D eigenvalue weighted by atomic mass is 31.2. The van der Waals surface area contributed by atoms with Crippen molar-refractivity contribution in [3.05, 3.63) is 90.0 Å². The third-order valence-electron chi connectivity index (χ3n) is 5.70. The van der Waals surface area contributed by atoms with Crippen LogP contribution in [0.4, 0.5) is 5.69 Å². The van der Waals surface area contributed by atoms with E-state index in [9.17, 15) is 28.7 Å². The van der Waals surface area contributed by atoms with Crippen molar-refractivity contribution in [2.45, 2.75) is 31.6 Å². The second-order valence-electron chi connectivity index (χ2n) is 8.72. The minimum Gasteiger partial charge on any atom is -0.481 e. The fourth-order valence-electron chi connectivity index (χ4n) is 3.87. The van der Waals surface area contributed by atoms with E-state index in [2.05, 4.69) is 16.0 Å². The second-order valence-corrected chi connectivity index (χ2v) is 10.4. The van der Waals surface area contributed by atoms with Crippen LogP contribution in [0.5, 0.6) is 0 Å². The summed E-state index contributed by atoms with van der Waals surface area (Å²) in [4.78, 5) is 55.4. The van der Waals surface area contributed by atoms with Crippen LogP contribution in [0.25, 0.3) is 11.1 Å². The van der Waals surface area contributed by atoms with Gasteiger partial charge in [-0.2, -0.15) is 0 Å². The number of aliphatic carboxylic acids is 1. The molecule has 0 fully saturated rings. The molecule has 0 aliphatic heterocycles. The highest BCUT2D eigenvalue weighted by Gasteiger charge is 2.34. The summed E-state index contributed by atoms with van der Waals surface area (Å²) in [6.45, 7) is 1.21. The van der Waals surface area contributed by atoms with Crippen molar-refractivity contribution < 1.29 is 33.8 Å². The van der Waals surface area contributed by atoms with E-state index in [-0.39, 0.29) is 30.9 Å². The number of nitrogens with one attached hydrogen (secondary N) is 3. The van der Waals surface area contributed by atoms with Crippen molar-refractivity contribution in [1.82, 2.24) is 10.6 Å². The first-order chi connectivity index (χ1) is 18.0. The Labute approximate surface area is 220 Å². The van der Waals surface area contributed by atoms with Gasteiger partial charge in [-0.1, -0.05) is 66.7 Å². The molecule has 3 aromatic carbocycles. The Balaban J connectivity index is 1.85. The number of carbonyl (C=O) groups is 3. The molecule has 6 N–H and O–H groups in total. The summed E-state index contributed by atoms with van der Waals surface area (Å²) in [5.41, 5.74) is 3.39. The zero-order chi connectivity index (χ0) is 27.7. The van der Waals surface area contributed by atoms with Crippen LogP contribution in [-0.4, -0.2) is 45.3 Å². The molecule has 0 heterocycles. The summed E-state index contributed by atoms with van der Waals surface area (Å²) < 4.78 is 12.5. The summed E-state index contributed by atoms with van der Waals surface area (Å²) in [7, 11) is -4.80. The molecule has 0 saturated heterocycles. The maximum Gasteiger partial charge on any atom is 0.346 e. The van der Waals surface area contributed by atoms with Gasteiger partial charge in [-0.15, -0.1) is 0 Å². The maximum absolute atomic E-state index is 13.0. The largest absolute Gasteiger partial charge is 0.481 e. The van der Waals surface area contributed by atoms with Gasteiger partial charge in [-0.25, -0.2) is 0 Å². The Kier molecular flexibility index (Phi) is 9.92. The number of benzene rings is 3. The molecule has 38 heavy (non-hydrogen) atoms. The van der Waals surface area contributed by atoms with Crippen LogP contribution in [0.1, 0.15) is 30.3 Å². The average Bonchev–Trinajstić information content (AvgIpc) is 2.86. The van der Waals surface area contributed by atoms with E-state index >= 15 is 0 Å². The molecule has 2 amide bonds. The molecule has 2 unspecified atom stereocenters. The number of carbonyl (C=O) groups excluding carboxylic acids is 2. The highest BCUT2D eigenvalue weighted by molar-refractivity contribution is 7.52. The predicted molar refractivity (Wildman–Crippen MR) is 143 cm³/mol. The molecular formula is C27H30N3O7P. The van der Waals surface area contributed by atoms with E-state index in [0.717, 1.165) is 16.7 Å². The van der Waals surface area contributed by atoms with E-state index in [1.54, 1.807) is 0 Å². The monoisotopic (exact) mass is 539 g/mol. The number of carboxylic acid groups (broad SMARTS) is 1. The smallest absolute Gasteiger partial charge is 0.346 e. The van der Waals surface area contributed by atoms with E-state index in [4.69, 9.17) is 5.11 Å². The van der Waals surface area contributed by atoms with Gasteiger partial charge in [0.25, 0.3) is 0 Å². The molecule has 0 aliphatic carbocycles. The van der Waals surface area contributed by atoms with Gasteiger partial charge >= 0.3 is 13.6 Å². The van der Waals surface area contributed by atoms with Crippen molar-refractivity contribution in [2.75, 3.05) is 11.9 Å². The molecule has 200 valence electrons. The van der Waals surface area contributed by atoms with Crippen LogP contribution in [0.15, 0.2) is 78.9 Å². The van der Waals surface area contributed by atoms with E-state index in [1.807, 2.05) is 54.6 Å². The number of hydrogen-bond donors (Lipinski definition) is 6. The summed E-state index contributed by atoms with van der Waals surface area (Å²) in [5.74, 6) is -3.49. The van der Waals surface area contributed by atoms with Crippen LogP contribution >= 0.6 is 7.60 Å². The van der Waals surface area contributed by atoms with Crippen molar-refractivity contribution in [2.24, 2.45) is 0 Å². The van der Waals surface area contributed by atoms with Crippen molar-refractivity contribution in [3.63, 3.8) is 0 Å². The molecule has 10 nitrogen and oxygen atoms in total. The zero-order valence-corrected chi connectivity index (χ0v) is 21.6. The molecule has 11 heteroatoms. The van der Waals surface area contributed by atoms with Gasteiger partial charge in [0.15, 0.2) is 0 Å². The van der Waals surface area contributed by atoms with Gasteiger partial charge in [-0.05, 0) is 40.8 Å². The fourth-order valence-corrected chi connectivity index (χ4v) is 4.81. The minimum atomic E-state index is -4.80. The lowest BCUT2D eigenvalue weighted by Crippen LogP contribution is -2.47. The van der Waals surface area contributed by atoms with Crippen LogP contribution in [0.3, 0.4) is 0 Å². The fraction of sp³-hybridized carbons (Fsp3) is 0.222. The third kappa shape index (κ3) is 8.64. The van der Waals surface area contributed by atoms with E-state index in [0.29, 0.717) is 5.69 Å². The molecule has 0 aromatic heterocycles. The van der Waals surface area contributed by atoms with Crippen molar-refractivity contribution >= 4 is 31.1 Å². The molecule has 0 radical (unpaired) electrons. The molecule has 0 bridgehead atoms. The average molecular weight is 540 g/mol. The number of rotatable bonds is 12. The molecule has 3 rings (SSSR count). The third-order valence-corrected chi connectivity index (χ3v) is 6.82. The first-order valence-corrected chi connectivity index (χ1v) is 13.5. The van der Waals surface area contributed by atoms with E-state index in [1.165, 1.54) is 31.2 Å². The standard InChI is InChI=1S/C27H30N3O7P/c1-18(31)29-23-13-11-22(12-14-23)27(38(35,36)37)30-24(26(34)28-16-15-25(32)33)17-19-7-9-21(10-8-19)20-5-3-2-4-6-20/h2-14,24,27,30H,15-17H2,1H3,(H,28,34)(H,29,31)(H,32,33)(H2,35,36,37). The van der Waals surface area contributed by atoms with Gasteiger partial charge in [0.1, 0.15) is 5.78 Å². The van der Waals surface area contributed by atoms with Crippen LogP contribution < -0.4 is 16.0 Å². The summed E-state index contributed by atoms with van der Waals surface area (Å²) in [6.07, 6.45) is -0.203. The molecular weight excluding hydrogens is 509 g/mol. The van der Waals surface area contributed by atoms with Gasteiger partial charge in [0.05, 0.1) is 12.5 Å². The predicted octanol–water partition coefficient (Wildman–Crippen LogP) is 3.28. The first kappa shape index (κ1) is 28.7. The molecule has 0 aliphatic rings.